The molecular weight excluding hydrogens is 510 g/mol. The number of amides is 1. The summed E-state index contributed by atoms with van der Waals surface area (Å²) < 4.78 is 8.86. The number of hydrogen-bond acceptors (Lipinski definition) is 7. The van der Waals surface area contributed by atoms with E-state index in [4.69, 9.17) is 10.5 Å². The number of para-hydroxylation sites is 1. The number of nitrogens with zero attached hydrogens (tertiary/aromatic N) is 6. The number of aromatic nitrogens is 4. The average Bonchev–Trinajstić information content (AvgIpc) is 3.21. The minimum atomic E-state index is -0.245. The average molecular weight is 545 g/mol. The van der Waals surface area contributed by atoms with Crippen molar-refractivity contribution in [3.05, 3.63) is 83.6 Å². The highest BCUT2D eigenvalue weighted by Crippen LogP contribution is 2.26. The van der Waals surface area contributed by atoms with E-state index in [-0.39, 0.29) is 28.0 Å². The smallest absolute Gasteiger partial charge is 0.335 e. The predicted octanol–water partition coefficient (Wildman–Crippen LogP) is 3.22. The van der Waals surface area contributed by atoms with Crippen molar-refractivity contribution in [1.29, 1.82) is 0 Å². The third-order valence-electron chi connectivity index (χ3n) is 6.99. The Balaban J connectivity index is 1.33. The van der Waals surface area contributed by atoms with Gasteiger partial charge in [-0.05, 0) is 61.2 Å². The lowest BCUT2D eigenvalue weighted by molar-refractivity contribution is -1.07. The largest absolute Gasteiger partial charge is 0.457 e. The number of imidazole rings is 1. The summed E-state index contributed by atoms with van der Waals surface area (Å²) in [4.78, 5) is 36.6. The van der Waals surface area contributed by atoms with E-state index in [0.29, 0.717) is 48.8 Å². The van der Waals surface area contributed by atoms with Crippen LogP contribution >= 0.6 is 0 Å². The number of hydroxylamine groups is 3. The third-order valence-corrected chi connectivity index (χ3v) is 6.99. The number of rotatable bonds is 8. The number of quaternary nitrogens is 1. The summed E-state index contributed by atoms with van der Waals surface area (Å²) in [7, 11) is 3.29. The minimum Gasteiger partial charge on any atom is -0.457 e. The fourth-order valence-electron chi connectivity index (χ4n) is 4.90. The normalized spacial score (nSPS) is 14.7. The molecular formula is C29H34N7O4+. The van der Waals surface area contributed by atoms with Gasteiger partial charge < -0.3 is 15.4 Å². The number of hydrogen-bond donors (Lipinski definition) is 2. The van der Waals surface area contributed by atoms with Crippen LogP contribution in [-0.4, -0.2) is 73.5 Å². The van der Waals surface area contributed by atoms with E-state index in [9.17, 15) is 14.8 Å². The summed E-state index contributed by atoms with van der Waals surface area (Å²) in [5.74, 6) is 1.71. The number of carbonyl (C=O) groups is 1. The maximum Gasteiger partial charge on any atom is 0.335 e. The SMILES string of the molecule is C[N+](C)(O)C/C=C/C(=O)N1CCC(Cn2c(=O)n(-c3ccc(Oc4ccccc4)cc3)c3c(N)ncnc32)CC1. The zero-order valence-electron chi connectivity index (χ0n) is 22.7. The highest BCUT2D eigenvalue weighted by molar-refractivity contribution is 5.87. The second-order valence-electron chi connectivity index (χ2n) is 10.5. The van der Waals surface area contributed by atoms with Gasteiger partial charge in [0.25, 0.3) is 0 Å². The summed E-state index contributed by atoms with van der Waals surface area (Å²) in [6.45, 7) is 2.00. The van der Waals surface area contributed by atoms with Gasteiger partial charge in [-0.3, -0.25) is 13.9 Å². The highest BCUT2D eigenvalue weighted by atomic mass is 16.5. The number of benzene rings is 2. The lowest BCUT2D eigenvalue weighted by Gasteiger charge is -2.31. The molecule has 1 amide bonds. The van der Waals surface area contributed by atoms with E-state index in [2.05, 4.69) is 9.97 Å². The molecule has 3 N–H and O–H groups in total. The maximum atomic E-state index is 13.7. The van der Waals surface area contributed by atoms with Gasteiger partial charge in [-0.2, -0.15) is 4.65 Å². The van der Waals surface area contributed by atoms with Crippen LogP contribution in [0.3, 0.4) is 0 Å². The van der Waals surface area contributed by atoms with E-state index in [1.54, 1.807) is 46.3 Å². The molecule has 11 nitrogen and oxygen atoms in total. The van der Waals surface area contributed by atoms with Gasteiger partial charge in [0.15, 0.2) is 11.5 Å². The second kappa shape index (κ2) is 11.3. The molecule has 0 unspecified atom stereocenters. The molecule has 4 aromatic rings. The van der Waals surface area contributed by atoms with E-state index in [0.717, 1.165) is 18.6 Å². The van der Waals surface area contributed by atoms with Gasteiger partial charge in [-0.25, -0.2) is 20.0 Å². The Bertz CT molecular complexity index is 1560. The number of fused-ring (bicyclic) bond motifs is 1. The molecule has 208 valence electrons. The van der Waals surface area contributed by atoms with Gasteiger partial charge in [0.05, 0.1) is 19.8 Å². The summed E-state index contributed by atoms with van der Waals surface area (Å²) in [6, 6.07) is 16.7. The Morgan fingerprint density at radius 1 is 1.07 bits per heavy atom. The first-order valence-corrected chi connectivity index (χ1v) is 13.3. The van der Waals surface area contributed by atoms with Crippen LogP contribution < -0.4 is 16.2 Å². The van der Waals surface area contributed by atoms with Gasteiger partial charge in [0, 0.05) is 25.7 Å². The molecule has 1 aliphatic rings. The van der Waals surface area contributed by atoms with E-state index in [1.807, 2.05) is 42.5 Å². The first-order chi connectivity index (χ1) is 19.2. The van der Waals surface area contributed by atoms with Gasteiger partial charge in [0.2, 0.25) is 5.91 Å². The number of likely N-dealkylation sites (N-methyl/N-ethyl adjacent to an activating group) is 1. The number of nitrogen functional groups attached to an aromatic ring is 1. The summed E-state index contributed by atoms with van der Waals surface area (Å²) >= 11 is 0. The van der Waals surface area contributed by atoms with Crippen LogP contribution in [0.1, 0.15) is 12.8 Å². The third kappa shape index (κ3) is 6.05. The molecule has 1 saturated heterocycles. The van der Waals surface area contributed by atoms with Crippen molar-refractivity contribution in [3.8, 4) is 17.2 Å². The number of nitrogens with two attached hydrogens (primary N) is 1. The Morgan fingerprint density at radius 3 is 2.42 bits per heavy atom. The monoisotopic (exact) mass is 544 g/mol. The molecule has 0 spiro atoms. The Labute approximate surface area is 231 Å². The number of carbonyl (C=O) groups excluding carboxylic acids is 1. The van der Waals surface area contributed by atoms with E-state index in [1.165, 1.54) is 12.4 Å². The summed E-state index contributed by atoms with van der Waals surface area (Å²) in [6.07, 6.45) is 6.09. The fourth-order valence-corrected chi connectivity index (χ4v) is 4.90. The summed E-state index contributed by atoms with van der Waals surface area (Å²) in [5, 5.41) is 9.78. The number of piperidine rings is 1. The van der Waals surface area contributed by atoms with E-state index < -0.39 is 0 Å². The molecule has 11 heteroatoms. The standard InChI is InChI=1S/C29H34N7O4/c1-36(2,39)18-6-9-25(37)33-16-14-21(15-17-33)19-34-28-26(27(30)31-20-32-28)35(29(34)38)22-10-12-24(13-11-22)40-23-7-4-3-5-8-23/h3-13,20-21,39H,14-19H2,1-2H3,(H2,30,31,32)/q+1/b9-6+. The molecule has 0 aliphatic carbocycles. The van der Waals surface area contributed by atoms with Crippen LogP contribution in [0.25, 0.3) is 16.9 Å². The maximum absolute atomic E-state index is 13.7. The van der Waals surface area contributed by atoms with Gasteiger partial charge >= 0.3 is 5.69 Å². The first kappa shape index (κ1) is 27.1. The van der Waals surface area contributed by atoms with Crippen molar-refractivity contribution in [2.75, 3.05) is 39.5 Å². The fraction of sp³-hybridized carbons (Fsp3) is 0.310. The van der Waals surface area contributed by atoms with Gasteiger partial charge in [-0.15, -0.1) is 0 Å². The van der Waals surface area contributed by atoms with Crippen molar-refractivity contribution < 1.29 is 19.4 Å². The molecule has 1 aliphatic heterocycles. The number of ether oxygens (including phenoxy) is 1. The summed E-state index contributed by atoms with van der Waals surface area (Å²) in [5.41, 5.74) is 7.58. The first-order valence-electron chi connectivity index (χ1n) is 13.3. The molecule has 0 radical (unpaired) electrons. The van der Waals surface area contributed by atoms with Gasteiger partial charge in [-0.1, -0.05) is 18.2 Å². The van der Waals surface area contributed by atoms with Crippen molar-refractivity contribution in [1.82, 2.24) is 24.0 Å². The Kier molecular flexibility index (Phi) is 7.67. The van der Waals surface area contributed by atoms with Gasteiger partial charge in [0.1, 0.15) is 29.9 Å². The number of likely N-dealkylation sites (tertiary alicyclic amines) is 1. The van der Waals surface area contributed by atoms with Crippen LogP contribution in [0.2, 0.25) is 0 Å². The highest BCUT2D eigenvalue weighted by Gasteiger charge is 2.26. The minimum absolute atomic E-state index is 0.0686. The topological polar surface area (TPSA) is 128 Å². The zero-order chi connectivity index (χ0) is 28.3. The van der Waals surface area contributed by atoms with Crippen LogP contribution in [-0.2, 0) is 11.3 Å². The van der Waals surface area contributed by atoms with Crippen molar-refractivity contribution in [2.45, 2.75) is 19.4 Å². The van der Waals surface area contributed by atoms with Crippen molar-refractivity contribution in [2.24, 2.45) is 5.92 Å². The molecule has 0 saturated carbocycles. The molecule has 40 heavy (non-hydrogen) atoms. The van der Waals surface area contributed by atoms with Crippen molar-refractivity contribution >= 4 is 22.9 Å². The quantitative estimate of drug-likeness (QED) is 0.198. The lowest BCUT2D eigenvalue weighted by Crippen LogP contribution is -2.39. The zero-order valence-corrected chi connectivity index (χ0v) is 22.7. The number of anilines is 1. The molecule has 5 rings (SSSR count). The van der Waals surface area contributed by atoms with Crippen molar-refractivity contribution in [3.63, 3.8) is 0 Å². The molecule has 0 bridgehead atoms. The molecule has 2 aromatic carbocycles. The predicted molar refractivity (Wildman–Crippen MR) is 151 cm³/mol. The van der Waals surface area contributed by atoms with Crippen LogP contribution in [0.15, 0.2) is 77.9 Å². The Morgan fingerprint density at radius 2 is 1.75 bits per heavy atom. The molecule has 2 aromatic heterocycles. The lowest BCUT2D eigenvalue weighted by atomic mass is 9.96. The molecule has 0 atom stereocenters. The Hall–Kier alpha value is -4.48. The van der Waals surface area contributed by atoms with E-state index >= 15 is 0 Å². The molecule has 1 fully saturated rings. The second-order valence-corrected chi connectivity index (χ2v) is 10.5. The van der Waals surface area contributed by atoms with Crippen LogP contribution in [0, 0.1) is 5.92 Å². The van der Waals surface area contributed by atoms with Crippen LogP contribution in [0.4, 0.5) is 5.82 Å². The van der Waals surface area contributed by atoms with Crippen LogP contribution in [0.5, 0.6) is 11.5 Å². The molecule has 3 heterocycles.